The van der Waals surface area contributed by atoms with Crippen LogP contribution >= 0.6 is 0 Å². The number of carbonyl (C=O) groups is 1. The number of hydrogen-bond donors (Lipinski definition) is 0. The number of aromatic nitrogens is 2. The highest BCUT2D eigenvalue weighted by molar-refractivity contribution is 5.80. The number of amides is 1. The molecule has 1 aliphatic heterocycles. The molecule has 1 aromatic heterocycles. The maximum atomic E-state index is 12.5. The van der Waals surface area contributed by atoms with Gasteiger partial charge in [0, 0.05) is 38.0 Å². The van der Waals surface area contributed by atoms with Gasteiger partial charge in [0.15, 0.2) is 0 Å². The van der Waals surface area contributed by atoms with Gasteiger partial charge in [0.05, 0.1) is 12.5 Å². The normalized spacial score (nSPS) is 25.7. The molecular weight excluding hydrogens is 282 g/mol. The van der Waals surface area contributed by atoms with Crippen molar-refractivity contribution in [3.05, 3.63) is 11.8 Å². The smallest absolute Gasteiger partial charge is 0.225 e. The summed E-state index contributed by atoms with van der Waals surface area (Å²) in [6.45, 7) is 6.07. The summed E-state index contributed by atoms with van der Waals surface area (Å²) >= 11 is 0. The SMILES string of the molecule is COC[C@@H]1CN(C(=O)C2CCC2)C[C@H]1c1nnc(C(C)C)o1. The predicted octanol–water partition coefficient (Wildman–Crippen LogP) is 2.18. The van der Waals surface area contributed by atoms with Gasteiger partial charge in [-0.25, -0.2) is 0 Å². The number of likely N-dealkylation sites (tertiary alicyclic amines) is 1. The number of nitrogens with zero attached hydrogens (tertiary/aromatic N) is 3. The molecule has 0 spiro atoms. The van der Waals surface area contributed by atoms with Crippen LogP contribution in [0.2, 0.25) is 0 Å². The molecule has 22 heavy (non-hydrogen) atoms. The molecule has 2 heterocycles. The first-order valence-electron chi connectivity index (χ1n) is 8.21. The molecule has 6 nitrogen and oxygen atoms in total. The summed E-state index contributed by atoms with van der Waals surface area (Å²) < 4.78 is 11.2. The maximum absolute atomic E-state index is 12.5. The van der Waals surface area contributed by atoms with Crippen molar-refractivity contribution in [3.63, 3.8) is 0 Å². The van der Waals surface area contributed by atoms with E-state index in [1.807, 2.05) is 18.7 Å². The Morgan fingerprint density at radius 2 is 2.14 bits per heavy atom. The first kappa shape index (κ1) is 15.5. The van der Waals surface area contributed by atoms with Gasteiger partial charge in [0.1, 0.15) is 0 Å². The van der Waals surface area contributed by atoms with Gasteiger partial charge in [0.2, 0.25) is 17.7 Å². The van der Waals surface area contributed by atoms with Crippen LogP contribution in [-0.4, -0.2) is 47.8 Å². The van der Waals surface area contributed by atoms with Gasteiger partial charge in [-0.15, -0.1) is 10.2 Å². The van der Waals surface area contributed by atoms with Crippen LogP contribution in [0.5, 0.6) is 0 Å². The summed E-state index contributed by atoms with van der Waals surface area (Å²) in [6.07, 6.45) is 3.25. The third-order valence-electron chi connectivity index (χ3n) is 4.86. The van der Waals surface area contributed by atoms with Crippen LogP contribution in [0.25, 0.3) is 0 Å². The molecule has 0 radical (unpaired) electrons. The molecule has 1 saturated carbocycles. The number of hydrogen-bond acceptors (Lipinski definition) is 5. The van der Waals surface area contributed by atoms with Crippen molar-refractivity contribution in [2.24, 2.45) is 11.8 Å². The number of carbonyl (C=O) groups excluding carboxylic acids is 1. The molecule has 2 atom stereocenters. The second-order valence-corrected chi connectivity index (χ2v) is 6.83. The van der Waals surface area contributed by atoms with Gasteiger partial charge in [-0.2, -0.15) is 0 Å². The van der Waals surface area contributed by atoms with Crippen LogP contribution in [0.1, 0.15) is 56.7 Å². The standard InChI is InChI=1S/C16H25N3O3/c1-10(2)14-17-18-15(22-14)13-8-19(7-12(13)9-21-3)16(20)11-5-4-6-11/h10-13H,4-9H2,1-3H3/t12-,13+/m0/s1. The van der Waals surface area contributed by atoms with Crippen molar-refractivity contribution in [2.45, 2.75) is 44.9 Å². The molecule has 1 aliphatic carbocycles. The Bertz CT molecular complexity index is 524. The minimum atomic E-state index is 0.0870. The van der Waals surface area contributed by atoms with Crippen molar-refractivity contribution in [1.82, 2.24) is 15.1 Å². The Morgan fingerprint density at radius 3 is 2.68 bits per heavy atom. The summed E-state index contributed by atoms with van der Waals surface area (Å²) in [4.78, 5) is 14.5. The van der Waals surface area contributed by atoms with Crippen LogP contribution < -0.4 is 0 Å². The highest BCUT2D eigenvalue weighted by Gasteiger charge is 2.41. The molecular formula is C16H25N3O3. The number of methoxy groups -OCH3 is 1. The maximum Gasteiger partial charge on any atom is 0.225 e. The Labute approximate surface area is 131 Å². The lowest BCUT2D eigenvalue weighted by Gasteiger charge is -2.29. The Kier molecular flexibility index (Phi) is 4.47. The average molecular weight is 307 g/mol. The monoisotopic (exact) mass is 307 g/mol. The van der Waals surface area contributed by atoms with E-state index in [9.17, 15) is 4.79 Å². The summed E-state index contributed by atoms with van der Waals surface area (Å²) in [6, 6.07) is 0. The zero-order valence-electron chi connectivity index (χ0n) is 13.6. The Balaban J connectivity index is 1.73. The third-order valence-corrected chi connectivity index (χ3v) is 4.86. The fourth-order valence-corrected chi connectivity index (χ4v) is 3.26. The molecule has 2 fully saturated rings. The van der Waals surface area contributed by atoms with E-state index < -0.39 is 0 Å². The summed E-state index contributed by atoms with van der Waals surface area (Å²) in [7, 11) is 1.70. The van der Waals surface area contributed by atoms with Crippen LogP contribution in [0.4, 0.5) is 0 Å². The molecule has 2 aliphatic rings. The van der Waals surface area contributed by atoms with Crippen LogP contribution in [0, 0.1) is 11.8 Å². The topological polar surface area (TPSA) is 68.5 Å². The van der Waals surface area contributed by atoms with E-state index in [1.54, 1.807) is 7.11 Å². The first-order valence-corrected chi connectivity index (χ1v) is 8.21. The average Bonchev–Trinajstić information content (AvgIpc) is 3.02. The third kappa shape index (κ3) is 2.89. The van der Waals surface area contributed by atoms with E-state index in [1.165, 1.54) is 6.42 Å². The van der Waals surface area contributed by atoms with Crippen molar-refractivity contribution >= 4 is 5.91 Å². The van der Waals surface area contributed by atoms with Crippen LogP contribution in [0.3, 0.4) is 0 Å². The van der Waals surface area contributed by atoms with Crippen LogP contribution in [-0.2, 0) is 9.53 Å². The minimum Gasteiger partial charge on any atom is -0.425 e. The Hall–Kier alpha value is -1.43. The second-order valence-electron chi connectivity index (χ2n) is 6.83. The van der Waals surface area contributed by atoms with Crippen molar-refractivity contribution in [3.8, 4) is 0 Å². The highest BCUT2D eigenvalue weighted by atomic mass is 16.5. The summed E-state index contributed by atoms with van der Waals surface area (Å²) in [5, 5.41) is 8.34. The van der Waals surface area contributed by atoms with Crippen molar-refractivity contribution in [1.29, 1.82) is 0 Å². The molecule has 0 unspecified atom stereocenters. The van der Waals surface area contributed by atoms with Gasteiger partial charge in [0.25, 0.3) is 0 Å². The lowest BCUT2D eigenvalue weighted by molar-refractivity contribution is -0.137. The zero-order chi connectivity index (χ0) is 15.7. The molecule has 1 aromatic rings. The molecule has 122 valence electrons. The van der Waals surface area contributed by atoms with Gasteiger partial charge in [-0.1, -0.05) is 20.3 Å². The fourth-order valence-electron chi connectivity index (χ4n) is 3.26. The highest BCUT2D eigenvalue weighted by Crippen LogP contribution is 2.36. The van der Waals surface area contributed by atoms with Crippen LogP contribution in [0.15, 0.2) is 4.42 Å². The van der Waals surface area contributed by atoms with E-state index in [2.05, 4.69) is 10.2 Å². The molecule has 0 bridgehead atoms. The molecule has 1 amide bonds. The summed E-state index contributed by atoms with van der Waals surface area (Å²) in [5.41, 5.74) is 0. The predicted molar refractivity (Wildman–Crippen MR) is 80.4 cm³/mol. The molecule has 0 aromatic carbocycles. The number of ether oxygens (including phenoxy) is 1. The Morgan fingerprint density at radius 1 is 1.36 bits per heavy atom. The van der Waals surface area contributed by atoms with E-state index in [4.69, 9.17) is 9.15 Å². The fraction of sp³-hybridized carbons (Fsp3) is 0.812. The molecule has 0 N–H and O–H groups in total. The summed E-state index contributed by atoms with van der Waals surface area (Å²) in [5.74, 6) is 2.37. The quantitative estimate of drug-likeness (QED) is 0.834. The van der Waals surface area contributed by atoms with E-state index in [0.717, 1.165) is 19.4 Å². The minimum absolute atomic E-state index is 0.0870. The largest absolute Gasteiger partial charge is 0.425 e. The van der Waals surface area contributed by atoms with E-state index in [0.29, 0.717) is 30.8 Å². The molecule has 1 saturated heterocycles. The molecule has 3 rings (SSSR count). The first-order chi connectivity index (χ1) is 10.6. The van der Waals surface area contributed by atoms with Crippen molar-refractivity contribution in [2.75, 3.05) is 26.8 Å². The number of rotatable bonds is 5. The van der Waals surface area contributed by atoms with E-state index in [-0.39, 0.29) is 23.7 Å². The van der Waals surface area contributed by atoms with Gasteiger partial charge >= 0.3 is 0 Å². The zero-order valence-corrected chi connectivity index (χ0v) is 13.6. The van der Waals surface area contributed by atoms with Crippen molar-refractivity contribution < 1.29 is 13.9 Å². The lowest BCUT2D eigenvalue weighted by atomic mass is 9.84. The molecule has 6 heteroatoms. The van der Waals surface area contributed by atoms with Gasteiger partial charge in [-0.3, -0.25) is 4.79 Å². The van der Waals surface area contributed by atoms with E-state index >= 15 is 0 Å². The second kappa shape index (κ2) is 6.36. The van der Waals surface area contributed by atoms with Gasteiger partial charge in [-0.05, 0) is 12.8 Å². The van der Waals surface area contributed by atoms with Gasteiger partial charge < -0.3 is 14.1 Å². The lowest BCUT2D eigenvalue weighted by Crippen LogP contribution is -2.37.